The van der Waals surface area contributed by atoms with Crippen LogP contribution in [0, 0.1) is 0 Å². The number of carboxylic acid groups (broad SMARTS) is 1. The Morgan fingerprint density at radius 3 is 2.63 bits per heavy atom. The van der Waals surface area contributed by atoms with Crippen molar-refractivity contribution in [3.05, 3.63) is 86.6 Å². The van der Waals surface area contributed by atoms with E-state index in [4.69, 9.17) is 41.5 Å². The van der Waals surface area contributed by atoms with Crippen LogP contribution in [0.25, 0.3) is 11.0 Å². The molecule has 0 amide bonds. The van der Waals surface area contributed by atoms with E-state index in [0.717, 1.165) is 0 Å². The van der Waals surface area contributed by atoms with Gasteiger partial charge in [-0.25, -0.2) is 0 Å². The molecule has 4 rings (SSSR count). The minimum absolute atomic E-state index is 0.0164. The smallest absolute Gasteiger partial charge is 0.235 e. The third-order valence-electron chi connectivity index (χ3n) is 4.07. The molecule has 0 saturated heterocycles. The molecule has 0 radical (unpaired) electrons. The molecule has 7 nitrogen and oxygen atoms in total. The Hall–Kier alpha value is -3.42. The first-order chi connectivity index (χ1) is 14.4. The van der Waals surface area contributed by atoms with Crippen molar-refractivity contribution in [3.63, 3.8) is 0 Å². The van der Waals surface area contributed by atoms with Gasteiger partial charge < -0.3 is 28.2 Å². The molecule has 0 N–H and O–H groups in total. The molecule has 2 aromatic carbocycles. The summed E-state index contributed by atoms with van der Waals surface area (Å²) in [5.74, 6) is -0.825. The number of fused-ring (bicyclic) bond motifs is 1. The molecule has 152 valence electrons. The summed E-state index contributed by atoms with van der Waals surface area (Å²) in [7, 11) is 0. The van der Waals surface area contributed by atoms with Crippen molar-refractivity contribution in [2.75, 3.05) is 0 Å². The van der Waals surface area contributed by atoms with Gasteiger partial charge in [-0.3, -0.25) is 4.79 Å². The zero-order valence-electron chi connectivity index (χ0n) is 15.0. The van der Waals surface area contributed by atoms with E-state index >= 15 is 0 Å². The van der Waals surface area contributed by atoms with E-state index in [1.807, 2.05) is 0 Å². The highest BCUT2D eigenvalue weighted by Gasteiger charge is 2.13. The number of carbonyl (C=O) groups excluding carboxylic acids is 1. The van der Waals surface area contributed by atoms with Crippen LogP contribution in [0.3, 0.4) is 0 Å². The third kappa shape index (κ3) is 4.12. The minimum atomic E-state index is -1.41. The molecule has 0 aliphatic carbocycles. The standard InChI is InChI=1S/C21H12Cl2O7/c22-11-1-5-15(23)18(7-11)30-19-10-28-17-8-12(2-4-14(17)20(19)24)27-9-13-3-6-16(29-13)21(25)26/h1-8,10H,9H2,(H,25,26)/p-1. The first-order valence-electron chi connectivity index (χ1n) is 8.52. The van der Waals surface area contributed by atoms with Crippen LogP contribution >= 0.6 is 23.2 Å². The molecule has 0 spiro atoms. The summed E-state index contributed by atoms with van der Waals surface area (Å²) in [6.07, 6.45) is 1.17. The molecule has 0 unspecified atom stereocenters. The van der Waals surface area contributed by atoms with E-state index in [2.05, 4.69) is 0 Å². The molecule has 4 aromatic rings. The summed E-state index contributed by atoms with van der Waals surface area (Å²) < 4.78 is 21.7. The van der Waals surface area contributed by atoms with Crippen LogP contribution in [0.1, 0.15) is 16.3 Å². The Morgan fingerprint density at radius 2 is 1.87 bits per heavy atom. The number of furan rings is 1. The zero-order chi connectivity index (χ0) is 21.3. The summed E-state index contributed by atoms with van der Waals surface area (Å²) in [4.78, 5) is 23.4. The normalized spacial score (nSPS) is 10.9. The number of hydrogen-bond donors (Lipinski definition) is 0. The maximum absolute atomic E-state index is 12.7. The lowest BCUT2D eigenvalue weighted by Gasteiger charge is -2.09. The van der Waals surface area contributed by atoms with Crippen molar-refractivity contribution in [1.29, 1.82) is 0 Å². The fourth-order valence-electron chi connectivity index (χ4n) is 2.64. The lowest BCUT2D eigenvalue weighted by atomic mass is 10.2. The van der Waals surface area contributed by atoms with Gasteiger partial charge in [0.25, 0.3) is 0 Å². The van der Waals surface area contributed by atoms with Crippen LogP contribution in [0.15, 0.2) is 68.4 Å². The van der Waals surface area contributed by atoms with Crippen molar-refractivity contribution in [2.45, 2.75) is 6.61 Å². The number of benzene rings is 2. The highest BCUT2D eigenvalue weighted by atomic mass is 35.5. The first kappa shape index (κ1) is 19.9. The Bertz CT molecular complexity index is 1310. The highest BCUT2D eigenvalue weighted by Crippen LogP contribution is 2.31. The average molecular weight is 446 g/mol. The number of carboxylic acids is 1. The van der Waals surface area contributed by atoms with E-state index in [-0.39, 0.29) is 34.8 Å². The predicted molar refractivity (Wildman–Crippen MR) is 106 cm³/mol. The van der Waals surface area contributed by atoms with Gasteiger partial charge in [0, 0.05) is 17.2 Å². The quantitative estimate of drug-likeness (QED) is 0.432. The van der Waals surface area contributed by atoms with Crippen molar-refractivity contribution in [2.24, 2.45) is 0 Å². The van der Waals surface area contributed by atoms with Gasteiger partial charge in [-0.1, -0.05) is 23.2 Å². The Balaban J connectivity index is 1.55. The number of carbonyl (C=O) groups is 1. The van der Waals surface area contributed by atoms with Gasteiger partial charge in [0.15, 0.2) is 0 Å². The van der Waals surface area contributed by atoms with Crippen molar-refractivity contribution < 1.29 is 28.2 Å². The Kier molecular flexibility index (Phi) is 5.39. The molecule has 0 saturated carbocycles. The van der Waals surface area contributed by atoms with Gasteiger partial charge in [0.05, 0.1) is 10.4 Å². The minimum Gasteiger partial charge on any atom is -0.542 e. The van der Waals surface area contributed by atoms with E-state index in [1.165, 1.54) is 36.6 Å². The summed E-state index contributed by atoms with van der Waals surface area (Å²) in [6.45, 7) is -0.0164. The topological polar surface area (TPSA) is 102 Å². The number of ether oxygens (including phenoxy) is 2. The molecule has 0 aliphatic rings. The Morgan fingerprint density at radius 1 is 1.03 bits per heavy atom. The van der Waals surface area contributed by atoms with Crippen LogP contribution in [0.2, 0.25) is 10.0 Å². The van der Waals surface area contributed by atoms with Crippen LogP contribution in [0.5, 0.6) is 17.2 Å². The van der Waals surface area contributed by atoms with Crippen LogP contribution < -0.4 is 20.0 Å². The van der Waals surface area contributed by atoms with Gasteiger partial charge in [-0.05, 0) is 36.4 Å². The molecule has 9 heteroatoms. The molecule has 0 fully saturated rings. The van der Waals surface area contributed by atoms with Crippen molar-refractivity contribution >= 4 is 40.1 Å². The van der Waals surface area contributed by atoms with Crippen LogP contribution in [-0.2, 0) is 6.61 Å². The molecule has 0 aliphatic heterocycles. The Labute approximate surface area is 179 Å². The number of aromatic carboxylic acids is 1. The van der Waals surface area contributed by atoms with E-state index in [9.17, 15) is 14.7 Å². The zero-order valence-corrected chi connectivity index (χ0v) is 16.5. The second-order valence-corrected chi connectivity index (χ2v) is 6.95. The monoisotopic (exact) mass is 445 g/mol. The van der Waals surface area contributed by atoms with Gasteiger partial charge in [0.2, 0.25) is 11.2 Å². The van der Waals surface area contributed by atoms with Gasteiger partial charge in [-0.2, -0.15) is 0 Å². The molecule has 2 heterocycles. The number of hydrogen-bond acceptors (Lipinski definition) is 7. The van der Waals surface area contributed by atoms with Gasteiger partial charge in [0.1, 0.15) is 47.4 Å². The predicted octanol–water partition coefficient (Wildman–Crippen LogP) is 4.43. The largest absolute Gasteiger partial charge is 0.542 e. The molecule has 0 atom stereocenters. The third-order valence-corrected chi connectivity index (χ3v) is 4.62. The second-order valence-electron chi connectivity index (χ2n) is 6.11. The lowest BCUT2D eigenvalue weighted by molar-refractivity contribution is -0.257. The molecule has 2 aromatic heterocycles. The van der Waals surface area contributed by atoms with E-state index in [0.29, 0.717) is 21.6 Å². The summed E-state index contributed by atoms with van der Waals surface area (Å²) in [6, 6.07) is 12.0. The summed E-state index contributed by atoms with van der Waals surface area (Å²) >= 11 is 12.0. The van der Waals surface area contributed by atoms with Crippen LogP contribution in [-0.4, -0.2) is 5.97 Å². The molecular weight excluding hydrogens is 435 g/mol. The number of rotatable bonds is 6. The SMILES string of the molecule is O=C([O-])c1ccc(COc2ccc3c(=O)c(Oc4cc(Cl)ccc4Cl)coc3c2)o1. The van der Waals surface area contributed by atoms with E-state index < -0.39 is 11.4 Å². The molecule has 30 heavy (non-hydrogen) atoms. The fraction of sp³-hybridized carbons (Fsp3) is 0.0476. The fourth-order valence-corrected chi connectivity index (χ4v) is 2.96. The van der Waals surface area contributed by atoms with E-state index in [1.54, 1.807) is 18.2 Å². The second kappa shape index (κ2) is 8.14. The average Bonchev–Trinajstić information content (AvgIpc) is 3.20. The first-order valence-corrected chi connectivity index (χ1v) is 9.27. The van der Waals surface area contributed by atoms with Gasteiger partial charge >= 0.3 is 0 Å². The summed E-state index contributed by atoms with van der Waals surface area (Å²) in [5, 5.41) is 11.7. The highest BCUT2D eigenvalue weighted by molar-refractivity contribution is 6.34. The van der Waals surface area contributed by atoms with Crippen LogP contribution in [0.4, 0.5) is 0 Å². The van der Waals surface area contributed by atoms with Crippen molar-refractivity contribution in [3.8, 4) is 17.2 Å². The maximum Gasteiger partial charge on any atom is 0.235 e. The van der Waals surface area contributed by atoms with Crippen molar-refractivity contribution in [1.82, 2.24) is 0 Å². The molecule has 0 bridgehead atoms. The lowest BCUT2D eigenvalue weighted by Crippen LogP contribution is -2.21. The maximum atomic E-state index is 12.7. The number of halogens is 2. The summed E-state index contributed by atoms with van der Waals surface area (Å²) in [5.41, 5.74) is -0.125. The van der Waals surface area contributed by atoms with Gasteiger partial charge in [-0.15, -0.1) is 0 Å². The molecular formula is C21H11Cl2O7-.